The number of likely N-dealkylation sites (tertiary alicyclic amines) is 1. The number of ether oxygens (including phenoxy) is 1. The molecule has 0 saturated carbocycles. The number of carbonyl (C=O) groups excluding carboxylic acids is 1. The van der Waals surface area contributed by atoms with Gasteiger partial charge in [-0.15, -0.1) is 0 Å². The first-order valence-electron chi connectivity index (χ1n) is 8.40. The maximum absolute atomic E-state index is 13.1. The van der Waals surface area contributed by atoms with Crippen LogP contribution in [0.4, 0.5) is 9.18 Å². The number of halogens is 1. The number of nitrogens with zero attached hydrogens (tertiary/aromatic N) is 2. The lowest BCUT2D eigenvalue weighted by Crippen LogP contribution is -2.42. The molecular formula is C19H25FN2O2. The van der Waals surface area contributed by atoms with Crippen molar-refractivity contribution in [2.24, 2.45) is 5.92 Å². The first kappa shape index (κ1) is 18.3. The second-order valence-corrected chi connectivity index (χ2v) is 7.33. The van der Waals surface area contributed by atoms with Gasteiger partial charge in [-0.1, -0.05) is 12.1 Å². The van der Waals surface area contributed by atoms with Crippen LogP contribution in [0.25, 0.3) is 0 Å². The molecule has 0 radical (unpaired) electrons. The molecule has 1 atom stereocenters. The molecule has 1 amide bonds. The minimum Gasteiger partial charge on any atom is -0.444 e. The second kappa shape index (κ2) is 7.65. The average Bonchev–Trinajstić information content (AvgIpc) is 2.52. The lowest BCUT2D eigenvalue weighted by molar-refractivity contribution is 0.0174. The first-order chi connectivity index (χ1) is 11.3. The third-order valence-corrected chi connectivity index (χ3v) is 4.37. The highest BCUT2D eigenvalue weighted by molar-refractivity contribution is 5.68. The maximum atomic E-state index is 13.1. The van der Waals surface area contributed by atoms with Crippen molar-refractivity contribution in [3.63, 3.8) is 0 Å². The Balaban J connectivity index is 1.99. The van der Waals surface area contributed by atoms with Crippen molar-refractivity contribution in [3.05, 3.63) is 35.6 Å². The van der Waals surface area contributed by atoms with Crippen molar-refractivity contribution in [1.82, 2.24) is 4.90 Å². The summed E-state index contributed by atoms with van der Waals surface area (Å²) in [4.78, 5) is 13.9. The molecule has 1 heterocycles. The van der Waals surface area contributed by atoms with Gasteiger partial charge in [0, 0.05) is 19.5 Å². The lowest BCUT2D eigenvalue weighted by atomic mass is 9.78. The molecule has 4 nitrogen and oxygen atoms in total. The van der Waals surface area contributed by atoms with E-state index in [1.54, 1.807) is 17.0 Å². The summed E-state index contributed by atoms with van der Waals surface area (Å²) in [5, 5.41) is 9.14. The van der Waals surface area contributed by atoms with Gasteiger partial charge >= 0.3 is 6.09 Å². The van der Waals surface area contributed by atoms with Crippen molar-refractivity contribution in [2.75, 3.05) is 13.1 Å². The third-order valence-electron chi connectivity index (χ3n) is 4.37. The largest absolute Gasteiger partial charge is 0.444 e. The van der Waals surface area contributed by atoms with Gasteiger partial charge in [0.15, 0.2) is 0 Å². The number of hydrogen-bond acceptors (Lipinski definition) is 3. The van der Waals surface area contributed by atoms with E-state index in [-0.39, 0.29) is 17.8 Å². The van der Waals surface area contributed by atoms with E-state index in [4.69, 9.17) is 10.00 Å². The normalized spacial score (nSPS) is 17.2. The number of carbonyl (C=O) groups is 1. The van der Waals surface area contributed by atoms with Gasteiger partial charge in [0.05, 0.1) is 6.07 Å². The van der Waals surface area contributed by atoms with E-state index >= 15 is 0 Å². The SMILES string of the molecule is CC(C)(C)OC(=O)N1CCC(C(CC#N)c2ccc(F)cc2)CC1. The summed E-state index contributed by atoms with van der Waals surface area (Å²) in [6.45, 7) is 6.82. The van der Waals surface area contributed by atoms with Crippen LogP contribution in [0.2, 0.25) is 0 Å². The average molecular weight is 332 g/mol. The molecule has 0 spiro atoms. The van der Waals surface area contributed by atoms with E-state index in [0.29, 0.717) is 25.4 Å². The van der Waals surface area contributed by atoms with E-state index in [1.807, 2.05) is 20.8 Å². The van der Waals surface area contributed by atoms with E-state index in [2.05, 4.69) is 6.07 Å². The van der Waals surface area contributed by atoms with Gasteiger partial charge in [-0.3, -0.25) is 0 Å². The van der Waals surface area contributed by atoms with Gasteiger partial charge in [0.1, 0.15) is 11.4 Å². The summed E-state index contributed by atoms with van der Waals surface area (Å²) in [6, 6.07) is 8.65. The van der Waals surface area contributed by atoms with Crippen LogP contribution in [0.3, 0.4) is 0 Å². The molecule has 2 rings (SSSR count). The van der Waals surface area contributed by atoms with Crippen molar-refractivity contribution < 1.29 is 13.9 Å². The Hall–Kier alpha value is -2.09. The molecule has 1 fully saturated rings. The minimum absolute atomic E-state index is 0.0800. The molecule has 1 aromatic rings. The van der Waals surface area contributed by atoms with Gasteiger partial charge in [0.25, 0.3) is 0 Å². The molecule has 1 unspecified atom stereocenters. The van der Waals surface area contributed by atoms with Crippen LogP contribution in [0.15, 0.2) is 24.3 Å². The molecule has 24 heavy (non-hydrogen) atoms. The number of rotatable bonds is 3. The zero-order valence-corrected chi connectivity index (χ0v) is 14.6. The number of hydrogen-bond donors (Lipinski definition) is 0. The van der Waals surface area contributed by atoms with Crippen LogP contribution in [-0.4, -0.2) is 29.7 Å². The van der Waals surface area contributed by atoms with Crippen molar-refractivity contribution >= 4 is 6.09 Å². The van der Waals surface area contributed by atoms with E-state index in [0.717, 1.165) is 18.4 Å². The molecule has 5 heteroatoms. The number of nitriles is 1. The van der Waals surface area contributed by atoms with Crippen LogP contribution >= 0.6 is 0 Å². The first-order valence-corrected chi connectivity index (χ1v) is 8.40. The predicted molar refractivity (Wildman–Crippen MR) is 89.9 cm³/mol. The van der Waals surface area contributed by atoms with Crippen molar-refractivity contribution in [2.45, 2.75) is 51.6 Å². The Bertz CT molecular complexity index is 593. The summed E-state index contributed by atoms with van der Waals surface area (Å²) < 4.78 is 18.5. The summed E-state index contributed by atoms with van der Waals surface area (Å²) >= 11 is 0. The lowest BCUT2D eigenvalue weighted by Gasteiger charge is -2.36. The standard InChI is InChI=1S/C19H25FN2O2/c1-19(2,3)24-18(23)22-12-9-15(10-13-22)17(8-11-21)14-4-6-16(20)7-5-14/h4-7,15,17H,8-10,12-13H2,1-3H3. The second-order valence-electron chi connectivity index (χ2n) is 7.33. The minimum atomic E-state index is -0.495. The zero-order valence-electron chi connectivity index (χ0n) is 14.6. The molecule has 1 aliphatic heterocycles. The van der Waals surface area contributed by atoms with Crippen LogP contribution in [0.5, 0.6) is 0 Å². The fraction of sp³-hybridized carbons (Fsp3) is 0.579. The number of piperidine rings is 1. The van der Waals surface area contributed by atoms with Gasteiger partial charge in [-0.25, -0.2) is 9.18 Å². The third kappa shape index (κ3) is 4.95. The zero-order chi connectivity index (χ0) is 17.7. The quantitative estimate of drug-likeness (QED) is 0.820. The fourth-order valence-electron chi connectivity index (χ4n) is 3.18. The van der Waals surface area contributed by atoms with Crippen LogP contribution in [-0.2, 0) is 4.74 Å². The summed E-state index contributed by atoms with van der Waals surface area (Å²) in [5.74, 6) is 0.124. The number of benzene rings is 1. The molecule has 1 saturated heterocycles. The molecule has 0 bridgehead atoms. The van der Waals surface area contributed by atoms with E-state index in [1.165, 1.54) is 12.1 Å². The smallest absolute Gasteiger partial charge is 0.410 e. The van der Waals surface area contributed by atoms with Crippen molar-refractivity contribution in [3.8, 4) is 6.07 Å². The molecule has 130 valence electrons. The highest BCUT2D eigenvalue weighted by Crippen LogP contribution is 2.35. The fourth-order valence-corrected chi connectivity index (χ4v) is 3.18. The molecule has 1 aromatic carbocycles. The topological polar surface area (TPSA) is 53.3 Å². The van der Waals surface area contributed by atoms with E-state index in [9.17, 15) is 9.18 Å². The van der Waals surface area contributed by atoms with Gasteiger partial charge in [-0.05, 0) is 63.1 Å². The molecule has 0 aliphatic carbocycles. The van der Waals surface area contributed by atoms with Crippen LogP contribution in [0.1, 0.15) is 51.5 Å². The highest BCUT2D eigenvalue weighted by atomic mass is 19.1. The Kier molecular flexibility index (Phi) is 5.82. The summed E-state index contributed by atoms with van der Waals surface area (Å²) in [6.07, 6.45) is 1.77. The Morgan fingerprint density at radius 3 is 2.42 bits per heavy atom. The highest BCUT2D eigenvalue weighted by Gasteiger charge is 2.31. The molecular weight excluding hydrogens is 307 g/mol. The van der Waals surface area contributed by atoms with Crippen LogP contribution < -0.4 is 0 Å². The van der Waals surface area contributed by atoms with Gasteiger partial charge < -0.3 is 9.64 Å². The maximum Gasteiger partial charge on any atom is 0.410 e. The monoisotopic (exact) mass is 332 g/mol. The van der Waals surface area contributed by atoms with Crippen LogP contribution in [0, 0.1) is 23.1 Å². The predicted octanol–water partition coefficient (Wildman–Crippen LogP) is 4.47. The van der Waals surface area contributed by atoms with Gasteiger partial charge in [-0.2, -0.15) is 5.26 Å². The number of amides is 1. The molecule has 0 N–H and O–H groups in total. The molecule has 0 aromatic heterocycles. The Morgan fingerprint density at radius 1 is 1.33 bits per heavy atom. The summed E-state index contributed by atoms with van der Waals surface area (Å²) in [5.41, 5.74) is 0.499. The molecule has 1 aliphatic rings. The summed E-state index contributed by atoms with van der Waals surface area (Å²) in [7, 11) is 0. The Labute approximate surface area is 143 Å². The van der Waals surface area contributed by atoms with E-state index < -0.39 is 5.60 Å². The van der Waals surface area contributed by atoms with Gasteiger partial charge in [0.2, 0.25) is 0 Å². The Morgan fingerprint density at radius 2 is 1.92 bits per heavy atom. The van der Waals surface area contributed by atoms with Crippen molar-refractivity contribution in [1.29, 1.82) is 5.26 Å².